The van der Waals surface area contributed by atoms with E-state index < -0.39 is 0 Å². The highest BCUT2D eigenvalue weighted by atomic mass is 16.5. The minimum absolute atomic E-state index is 0.119. The first kappa shape index (κ1) is 24.8. The Hall–Kier alpha value is -3.27. The third kappa shape index (κ3) is 7.61. The molecule has 3 heterocycles. The lowest BCUT2D eigenvalue weighted by atomic mass is 10.1. The van der Waals surface area contributed by atoms with Gasteiger partial charge in [-0.05, 0) is 55.6 Å². The maximum atomic E-state index is 12.6. The Morgan fingerprint density at radius 1 is 1.00 bits per heavy atom. The molecular formula is C26H34N6O3. The van der Waals surface area contributed by atoms with E-state index in [1.54, 1.807) is 30.3 Å². The summed E-state index contributed by atoms with van der Waals surface area (Å²) in [7, 11) is 2.13. The number of urea groups is 1. The number of nitrogens with one attached hydrogen (secondary N) is 2. The highest BCUT2D eigenvalue weighted by molar-refractivity contribution is 6.07. The minimum Gasteiger partial charge on any atom is -0.378 e. The molecule has 35 heavy (non-hydrogen) atoms. The number of piperazine rings is 1. The predicted octanol–water partition coefficient (Wildman–Crippen LogP) is 2.18. The number of anilines is 2. The fourth-order valence-corrected chi connectivity index (χ4v) is 4.05. The zero-order valence-electron chi connectivity index (χ0n) is 20.3. The number of hydrogen-bond donors (Lipinski definition) is 2. The van der Waals surface area contributed by atoms with Crippen molar-refractivity contribution in [2.24, 2.45) is 0 Å². The number of pyridine rings is 1. The Kier molecular flexibility index (Phi) is 8.83. The van der Waals surface area contributed by atoms with Crippen LogP contribution in [0, 0.1) is 0 Å². The lowest BCUT2D eigenvalue weighted by Gasteiger charge is -2.32. The number of carbonyl (C=O) groups excluding carboxylic acids is 2. The lowest BCUT2D eigenvalue weighted by molar-refractivity contribution is 0.104. The fourth-order valence-electron chi connectivity index (χ4n) is 4.05. The summed E-state index contributed by atoms with van der Waals surface area (Å²) in [4.78, 5) is 36.3. The molecule has 4 rings (SSSR count). The summed E-state index contributed by atoms with van der Waals surface area (Å²) >= 11 is 0. The molecule has 0 atom stereocenters. The zero-order chi connectivity index (χ0) is 24.5. The van der Waals surface area contributed by atoms with E-state index in [0.717, 1.165) is 57.3 Å². The van der Waals surface area contributed by atoms with Crippen molar-refractivity contribution in [3.8, 4) is 0 Å². The van der Waals surface area contributed by atoms with Crippen LogP contribution in [0.3, 0.4) is 0 Å². The molecule has 2 N–H and O–H groups in total. The number of carbonyl (C=O) groups is 2. The van der Waals surface area contributed by atoms with Gasteiger partial charge in [-0.15, -0.1) is 0 Å². The molecular weight excluding hydrogens is 444 g/mol. The number of aromatic nitrogens is 1. The van der Waals surface area contributed by atoms with Gasteiger partial charge in [-0.1, -0.05) is 6.07 Å². The first-order valence-electron chi connectivity index (χ1n) is 12.1. The van der Waals surface area contributed by atoms with Gasteiger partial charge >= 0.3 is 6.03 Å². The molecule has 2 amide bonds. The normalized spacial score (nSPS) is 17.5. The Morgan fingerprint density at radius 3 is 2.49 bits per heavy atom. The van der Waals surface area contributed by atoms with E-state index in [4.69, 9.17) is 4.74 Å². The number of rotatable bonds is 8. The standard InChI is InChI=1S/C26H34N6O3/c1-30-13-15-31(16-14-30)12-11-27-26(34)29-23-7-5-21(6-8-23)24(33)10-9-22-3-2-4-25(28-22)32-17-19-35-20-18-32/h2-10H,11-20H2,1H3,(H2,27,29,34). The molecule has 186 valence electrons. The van der Waals surface area contributed by atoms with Gasteiger partial charge in [-0.3, -0.25) is 9.69 Å². The number of hydrogen-bond acceptors (Lipinski definition) is 7. The molecule has 2 saturated heterocycles. The Balaban J connectivity index is 1.23. The van der Waals surface area contributed by atoms with Crippen LogP contribution in [0.25, 0.3) is 6.08 Å². The molecule has 0 unspecified atom stereocenters. The summed E-state index contributed by atoms with van der Waals surface area (Å²) in [6.07, 6.45) is 3.26. The molecule has 9 heteroatoms. The van der Waals surface area contributed by atoms with E-state index in [-0.39, 0.29) is 11.8 Å². The number of morpholine rings is 1. The van der Waals surface area contributed by atoms with Crippen LogP contribution in [-0.4, -0.2) is 99.2 Å². The van der Waals surface area contributed by atoms with E-state index >= 15 is 0 Å². The molecule has 0 saturated carbocycles. The van der Waals surface area contributed by atoms with Crippen molar-refractivity contribution < 1.29 is 14.3 Å². The van der Waals surface area contributed by atoms with Crippen molar-refractivity contribution in [3.05, 3.63) is 59.8 Å². The summed E-state index contributed by atoms with van der Waals surface area (Å²) in [5.74, 6) is 0.770. The fraction of sp³-hybridized carbons (Fsp3) is 0.423. The number of benzene rings is 1. The molecule has 0 radical (unpaired) electrons. The maximum absolute atomic E-state index is 12.6. The summed E-state index contributed by atoms with van der Waals surface area (Å²) in [5, 5.41) is 5.71. The van der Waals surface area contributed by atoms with Crippen LogP contribution in [0.15, 0.2) is 48.5 Å². The van der Waals surface area contributed by atoms with Crippen LogP contribution in [-0.2, 0) is 4.74 Å². The zero-order valence-corrected chi connectivity index (χ0v) is 20.3. The van der Waals surface area contributed by atoms with Gasteiger partial charge < -0.3 is 25.2 Å². The smallest absolute Gasteiger partial charge is 0.319 e. The van der Waals surface area contributed by atoms with Crippen molar-refractivity contribution in [1.29, 1.82) is 0 Å². The number of allylic oxidation sites excluding steroid dienone is 1. The second-order valence-corrected chi connectivity index (χ2v) is 8.82. The maximum Gasteiger partial charge on any atom is 0.319 e. The topological polar surface area (TPSA) is 90.0 Å². The van der Waals surface area contributed by atoms with Gasteiger partial charge in [0, 0.05) is 63.6 Å². The SMILES string of the molecule is CN1CCN(CCNC(=O)Nc2ccc(C(=O)C=Cc3cccc(N4CCOCC4)n3)cc2)CC1. The quantitative estimate of drug-likeness (QED) is 0.444. The molecule has 0 spiro atoms. The molecule has 0 aliphatic carbocycles. The molecule has 2 fully saturated rings. The van der Waals surface area contributed by atoms with Gasteiger partial charge in [-0.25, -0.2) is 9.78 Å². The van der Waals surface area contributed by atoms with E-state index in [1.807, 2.05) is 18.2 Å². The van der Waals surface area contributed by atoms with Gasteiger partial charge in [0.2, 0.25) is 0 Å². The summed E-state index contributed by atoms with van der Waals surface area (Å²) in [6.45, 7) is 8.63. The first-order chi connectivity index (χ1) is 17.1. The third-order valence-corrected chi connectivity index (χ3v) is 6.23. The van der Waals surface area contributed by atoms with Crippen LogP contribution in [0.2, 0.25) is 0 Å². The Morgan fingerprint density at radius 2 is 1.74 bits per heavy atom. The predicted molar refractivity (Wildman–Crippen MR) is 138 cm³/mol. The highest BCUT2D eigenvalue weighted by Crippen LogP contribution is 2.15. The van der Waals surface area contributed by atoms with Gasteiger partial charge in [0.1, 0.15) is 5.82 Å². The number of nitrogens with zero attached hydrogens (tertiary/aromatic N) is 4. The molecule has 2 aromatic rings. The number of likely N-dealkylation sites (N-methyl/N-ethyl adjacent to an activating group) is 1. The van der Waals surface area contributed by atoms with Crippen molar-refractivity contribution >= 4 is 29.4 Å². The summed E-state index contributed by atoms with van der Waals surface area (Å²) in [6, 6.07) is 12.4. The van der Waals surface area contributed by atoms with Crippen molar-refractivity contribution in [3.63, 3.8) is 0 Å². The number of ether oxygens (including phenoxy) is 1. The van der Waals surface area contributed by atoms with Crippen molar-refractivity contribution in [2.45, 2.75) is 0 Å². The molecule has 0 bridgehead atoms. The van der Waals surface area contributed by atoms with Gasteiger partial charge in [0.25, 0.3) is 0 Å². The van der Waals surface area contributed by atoms with E-state index in [0.29, 0.717) is 31.0 Å². The molecule has 9 nitrogen and oxygen atoms in total. The molecule has 1 aromatic carbocycles. The average molecular weight is 479 g/mol. The van der Waals surface area contributed by atoms with Crippen LogP contribution < -0.4 is 15.5 Å². The van der Waals surface area contributed by atoms with Crippen LogP contribution in [0.5, 0.6) is 0 Å². The van der Waals surface area contributed by atoms with Gasteiger partial charge in [0.05, 0.1) is 18.9 Å². The number of amides is 2. The van der Waals surface area contributed by atoms with Gasteiger partial charge in [0.15, 0.2) is 5.78 Å². The minimum atomic E-state index is -0.246. The van der Waals surface area contributed by atoms with Crippen LogP contribution >= 0.6 is 0 Å². The average Bonchev–Trinajstić information content (AvgIpc) is 2.89. The summed E-state index contributed by atoms with van der Waals surface area (Å²) < 4.78 is 5.39. The molecule has 2 aliphatic rings. The second-order valence-electron chi connectivity index (χ2n) is 8.82. The molecule has 2 aliphatic heterocycles. The van der Waals surface area contributed by atoms with Crippen molar-refractivity contribution in [1.82, 2.24) is 20.1 Å². The van der Waals surface area contributed by atoms with Gasteiger partial charge in [-0.2, -0.15) is 0 Å². The first-order valence-corrected chi connectivity index (χ1v) is 12.1. The van der Waals surface area contributed by atoms with E-state index in [9.17, 15) is 9.59 Å². The highest BCUT2D eigenvalue weighted by Gasteiger charge is 2.14. The van der Waals surface area contributed by atoms with Crippen LogP contribution in [0.4, 0.5) is 16.3 Å². The van der Waals surface area contributed by atoms with Crippen molar-refractivity contribution in [2.75, 3.05) is 82.8 Å². The Bertz CT molecular complexity index is 1010. The monoisotopic (exact) mass is 478 g/mol. The Labute approximate surface area is 206 Å². The number of ketones is 1. The summed E-state index contributed by atoms with van der Waals surface area (Å²) in [5.41, 5.74) is 1.92. The van der Waals surface area contributed by atoms with E-state index in [2.05, 4.69) is 37.4 Å². The molecule has 1 aromatic heterocycles. The third-order valence-electron chi connectivity index (χ3n) is 6.23. The lowest BCUT2D eigenvalue weighted by Crippen LogP contribution is -2.47. The van der Waals surface area contributed by atoms with E-state index in [1.165, 1.54) is 6.08 Å². The van der Waals surface area contributed by atoms with Crippen LogP contribution in [0.1, 0.15) is 16.1 Å². The largest absolute Gasteiger partial charge is 0.378 e. The second kappa shape index (κ2) is 12.4.